The van der Waals surface area contributed by atoms with Gasteiger partial charge in [0.15, 0.2) is 0 Å². The Morgan fingerprint density at radius 1 is 1.03 bits per heavy atom. The van der Waals surface area contributed by atoms with Crippen LogP contribution in [-0.2, 0) is 17.5 Å². The summed E-state index contributed by atoms with van der Waals surface area (Å²) in [7, 11) is 0. The van der Waals surface area contributed by atoms with Crippen LogP contribution in [-0.4, -0.2) is 26.9 Å². The Hall–Kier alpha value is -4.45. The minimum absolute atomic E-state index is 0.0164. The molecule has 1 saturated heterocycles. The second-order valence-corrected chi connectivity index (χ2v) is 8.84. The fraction of sp³-hybridized carbons (Fsp3) is 0.0800. The lowest BCUT2D eigenvalue weighted by Crippen LogP contribution is -2.27. The third kappa shape index (κ3) is 6.04. The predicted octanol–water partition coefficient (Wildman–Crippen LogP) is 6.10. The van der Waals surface area contributed by atoms with Crippen molar-refractivity contribution in [1.29, 1.82) is 0 Å². The van der Waals surface area contributed by atoms with Gasteiger partial charge in [-0.25, -0.2) is 0 Å². The molecule has 3 aromatic rings. The van der Waals surface area contributed by atoms with Gasteiger partial charge in [0.2, 0.25) is 0 Å². The van der Waals surface area contributed by atoms with E-state index in [0.717, 1.165) is 17.0 Å². The number of imide groups is 1. The molecule has 1 aliphatic rings. The average molecular weight is 527 g/mol. The smallest absolute Gasteiger partial charge is 0.322 e. The lowest BCUT2D eigenvalue weighted by atomic mass is 10.1. The molecule has 1 aliphatic heterocycles. The number of nitro groups is 1. The first-order valence-corrected chi connectivity index (χ1v) is 11.4. The highest BCUT2D eigenvalue weighted by Gasteiger charge is 2.35. The van der Waals surface area contributed by atoms with E-state index >= 15 is 0 Å². The maximum Gasteiger partial charge on any atom is 0.416 e. The molecule has 0 radical (unpaired) electrons. The van der Waals surface area contributed by atoms with Gasteiger partial charge in [-0.05, 0) is 59.3 Å². The summed E-state index contributed by atoms with van der Waals surface area (Å²) in [6.45, 7) is -0.0769. The highest BCUT2D eigenvalue weighted by Crippen LogP contribution is 2.34. The van der Waals surface area contributed by atoms with Gasteiger partial charge < -0.3 is 5.32 Å². The van der Waals surface area contributed by atoms with E-state index in [1.165, 1.54) is 60.7 Å². The molecular weight excluding hydrogens is 511 g/mol. The molecule has 0 bridgehead atoms. The molecule has 0 unspecified atom stereocenters. The minimum Gasteiger partial charge on any atom is -0.322 e. The quantitative estimate of drug-likeness (QED) is 0.236. The Bertz CT molecular complexity index is 1440. The number of halogens is 3. The minimum atomic E-state index is -4.54. The SMILES string of the molecule is O=C(Nc1cccc(C(F)(F)F)c1)c1ccc(CN2C(=O)S/C(=C\c3cccc([N+](=O)[O-])c3)C2=O)cc1. The van der Waals surface area contributed by atoms with Crippen LogP contribution < -0.4 is 5.32 Å². The summed E-state index contributed by atoms with van der Waals surface area (Å²) in [6.07, 6.45) is -3.14. The number of anilines is 1. The monoisotopic (exact) mass is 527 g/mol. The summed E-state index contributed by atoms with van der Waals surface area (Å²) in [4.78, 5) is 49.1. The van der Waals surface area contributed by atoms with E-state index in [2.05, 4.69) is 5.32 Å². The first-order valence-electron chi connectivity index (χ1n) is 10.6. The molecule has 0 saturated carbocycles. The molecule has 0 atom stereocenters. The molecule has 8 nitrogen and oxygen atoms in total. The zero-order chi connectivity index (χ0) is 26.7. The molecular formula is C25H16F3N3O5S. The van der Waals surface area contributed by atoms with E-state index in [1.807, 2.05) is 0 Å². The molecule has 12 heteroatoms. The Kier molecular flexibility index (Phi) is 7.11. The molecule has 0 spiro atoms. The summed E-state index contributed by atoms with van der Waals surface area (Å²) in [5.41, 5.74) is 0.0472. The molecule has 1 heterocycles. The maximum absolute atomic E-state index is 12.9. The van der Waals surface area contributed by atoms with Crippen LogP contribution in [0.5, 0.6) is 0 Å². The molecule has 1 fully saturated rings. The van der Waals surface area contributed by atoms with E-state index in [1.54, 1.807) is 6.07 Å². The number of alkyl halides is 3. The van der Waals surface area contributed by atoms with E-state index < -0.39 is 33.7 Å². The number of carbonyl (C=O) groups is 3. The lowest BCUT2D eigenvalue weighted by molar-refractivity contribution is -0.384. The Morgan fingerprint density at radius 3 is 2.41 bits per heavy atom. The normalized spacial score (nSPS) is 14.8. The van der Waals surface area contributed by atoms with Crippen molar-refractivity contribution in [1.82, 2.24) is 4.90 Å². The van der Waals surface area contributed by atoms with Crippen molar-refractivity contribution in [2.24, 2.45) is 0 Å². The number of non-ortho nitro benzene ring substituents is 1. The van der Waals surface area contributed by atoms with E-state index in [0.29, 0.717) is 22.9 Å². The van der Waals surface area contributed by atoms with Gasteiger partial charge in [0.25, 0.3) is 22.7 Å². The molecule has 1 N–H and O–H groups in total. The molecule has 3 aromatic carbocycles. The Morgan fingerprint density at radius 2 is 1.73 bits per heavy atom. The number of carbonyl (C=O) groups excluding carboxylic acids is 3. The second kappa shape index (κ2) is 10.3. The Balaban J connectivity index is 1.43. The fourth-order valence-corrected chi connectivity index (χ4v) is 4.27. The van der Waals surface area contributed by atoms with Gasteiger partial charge in [-0.15, -0.1) is 0 Å². The van der Waals surface area contributed by atoms with Gasteiger partial charge in [0, 0.05) is 23.4 Å². The van der Waals surface area contributed by atoms with Gasteiger partial charge in [-0.3, -0.25) is 29.4 Å². The first-order chi connectivity index (χ1) is 17.5. The second-order valence-electron chi connectivity index (χ2n) is 7.85. The zero-order valence-corrected chi connectivity index (χ0v) is 19.5. The van der Waals surface area contributed by atoms with Gasteiger partial charge in [-0.2, -0.15) is 13.2 Å². The number of amides is 3. The predicted molar refractivity (Wildman–Crippen MR) is 130 cm³/mol. The number of nitrogens with zero attached hydrogens (tertiary/aromatic N) is 2. The molecule has 0 aliphatic carbocycles. The highest BCUT2D eigenvalue weighted by molar-refractivity contribution is 8.18. The van der Waals surface area contributed by atoms with Crippen molar-refractivity contribution in [3.05, 3.63) is 110 Å². The van der Waals surface area contributed by atoms with Crippen LogP contribution in [0.25, 0.3) is 6.08 Å². The van der Waals surface area contributed by atoms with Gasteiger partial charge >= 0.3 is 6.18 Å². The van der Waals surface area contributed by atoms with Crippen molar-refractivity contribution in [3.63, 3.8) is 0 Å². The van der Waals surface area contributed by atoms with Crippen molar-refractivity contribution in [3.8, 4) is 0 Å². The van der Waals surface area contributed by atoms with Crippen LogP contribution in [0.2, 0.25) is 0 Å². The standard InChI is InChI=1S/C25H16F3N3O5S/c26-25(27,28)18-4-2-5-19(13-18)29-22(32)17-9-7-15(8-10-17)14-30-23(33)21(37-24(30)34)12-16-3-1-6-20(11-16)31(35)36/h1-13H,14H2,(H,29,32)/b21-12-. The zero-order valence-electron chi connectivity index (χ0n) is 18.7. The summed E-state index contributed by atoms with van der Waals surface area (Å²) in [6, 6.07) is 15.8. The van der Waals surface area contributed by atoms with Crippen LogP contribution in [0.4, 0.5) is 29.3 Å². The van der Waals surface area contributed by atoms with E-state index in [9.17, 15) is 37.7 Å². The molecule has 3 amide bonds. The third-order valence-corrected chi connectivity index (χ3v) is 6.16. The van der Waals surface area contributed by atoms with E-state index in [4.69, 9.17) is 0 Å². The van der Waals surface area contributed by atoms with Crippen LogP contribution in [0.1, 0.15) is 27.0 Å². The highest BCUT2D eigenvalue weighted by atomic mass is 32.2. The third-order valence-electron chi connectivity index (χ3n) is 5.26. The molecule has 37 heavy (non-hydrogen) atoms. The van der Waals surface area contributed by atoms with Crippen LogP contribution in [0.3, 0.4) is 0 Å². The van der Waals surface area contributed by atoms with Gasteiger partial charge in [-0.1, -0.05) is 30.3 Å². The number of rotatable bonds is 6. The molecule has 4 rings (SSSR count). The van der Waals surface area contributed by atoms with Crippen molar-refractivity contribution < 1.29 is 32.5 Å². The fourth-order valence-electron chi connectivity index (χ4n) is 3.44. The van der Waals surface area contributed by atoms with E-state index in [-0.39, 0.29) is 28.4 Å². The number of hydrogen-bond acceptors (Lipinski definition) is 6. The van der Waals surface area contributed by atoms with Crippen molar-refractivity contribution in [2.75, 3.05) is 5.32 Å². The summed E-state index contributed by atoms with van der Waals surface area (Å²) in [5, 5.41) is 12.8. The van der Waals surface area contributed by atoms with Gasteiger partial charge in [0.05, 0.1) is 21.9 Å². The van der Waals surface area contributed by atoms with Crippen LogP contribution in [0.15, 0.2) is 77.7 Å². The maximum atomic E-state index is 12.9. The summed E-state index contributed by atoms with van der Waals surface area (Å²) < 4.78 is 38.6. The molecule has 188 valence electrons. The van der Waals surface area contributed by atoms with Crippen molar-refractivity contribution >= 4 is 46.3 Å². The number of nitrogens with one attached hydrogen (secondary N) is 1. The topological polar surface area (TPSA) is 110 Å². The number of benzene rings is 3. The van der Waals surface area contributed by atoms with Crippen LogP contribution in [0, 0.1) is 10.1 Å². The Labute approximate surface area is 211 Å². The summed E-state index contributed by atoms with van der Waals surface area (Å²) >= 11 is 0.707. The largest absolute Gasteiger partial charge is 0.416 e. The number of nitro benzene ring substituents is 1. The van der Waals surface area contributed by atoms with Crippen molar-refractivity contribution in [2.45, 2.75) is 12.7 Å². The lowest BCUT2D eigenvalue weighted by Gasteiger charge is -2.13. The van der Waals surface area contributed by atoms with Gasteiger partial charge in [0.1, 0.15) is 0 Å². The number of hydrogen-bond donors (Lipinski definition) is 1. The molecule has 0 aromatic heterocycles. The van der Waals surface area contributed by atoms with Crippen LogP contribution >= 0.6 is 11.8 Å². The first kappa shape index (κ1) is 25.6. The average Bonchev–Trinajstić information content (AvgIpc) is 3.11. The summed E-state index contributed by atoms with van der Waals surface area (Å²) in [5.74, 6) is -1.19. The number of thioether (sulfide) groups is 1.